The molecule has 0 saturated heterocycles. The molecule has 25 heavy (non-hydrogen) atoms. The molecule has 0 aliphatic rings. The maximum Gasteiger partial charge on any atom is 0.416 e. The summed E-state index contributed by atoms with van der Waals surface area (Å²) in [5.74, 6) is -0.978. The molecule has 1 aromatic heterocycles. The first-order valence-corrected chi connectivity index (χ1v) is 7.05. The molecule has 5 nitrogen and oxygen atoms in total. The van der Waals surface area contributed by atoms with Crippen LogP contribution in [0.3, 0.4) is 0 Å². The van der Waals surface area contributed by atoms with Crippen molar-refractivity contribution in [1.82, 2.24) is 0 Å². The van der Waals surface area contributed by atoms with Crippen molar-refractivity contribution < 1.29 is 27.5 Å². The van der Waals surface area contributed by atoms with E-state index < -0.39 is 23.2 Å². The number of halogens is 3. The highest BCUT2D eigenvalue weighted by atomic mass is 19.4. The van der Waals surface area contributed by atoms with Crippen LogP contribution in [-0.4, -0.2) is 11.0 Å². The average molecular weight is 348 g/mol. The van der Waals surface area contributed by atoms with E-state index in [9.17, 15) is 23.1 Å². The van der Waals surface area contributed by atoms with E-state index in [1.807, 2.05) is 0 Å². The summed E-state index contributed by atoms with van der Waals surface area (Å²) in [6.07, 6.45) is -4.53. The van der Waals surface area contributed by atoms with Crippen LogP contribution in [0.4, 0.5) is 18.9 Å². The minimum atomic E-state index is -4.53. The molecule has 0 fully saturated rings. The van der Waals surface area contributed by atoms with Gasteiger partial charge < -0.3 is 14.8 Å². The van der Waals surface area contributed by atoms with Crippen LogP contribution >= 0.6 is 0 Å². The van der Waals surface area contributed by atoms with Gasteiger partial charge in [0.1, 0.15) is 5.56 Å². The van der Waals surface area contributed by atoms with Crippen LogP contribution in [0.25, 0.3) is 11.0 Å². The summed E-state index contributed by atoms with van der Waals surface area (Å²) < 4.78 is 43.3. The second-order valence-corrected chi connectivity index (χ2v) is 5.22. The predicted molar refractivity (Wildman–Crippen MR) is 83.1 cm³/mol. The highest BCUT2D eigenvalue weighted by Crippen LogP contribution is 2.30. The van der Waals surface area contributed by atoms with Crippen LogP contribution in [0.5, 0.6) is 5.75 Å². The Bertz CT molecular complexity index is 1030. The second kappa shape index (κ2) is 5.97. The molecule has 2 aromatic carbocycles. The number of fused-ring (bicyclic) bond motifs is 1. The number of aromatic hydroxyl groups is 1. The fourth-order valence-electron chi connectivity index (χ4n) is 2.29. The smallest absolute Gasteiger partial charge is 0.416 e. The summed E-state index contributed by atoms with van der Waals surface area (Å²) in [6.45, 7) is 0. The fourth-order valence-corrected chi connectivity index (χ4v) is 2.29. The van der Waals surface area contributed by atoms with E-state index in [0.29, 0.717) is 5.39 Å². The number of phenolic OH excluding ortho intramolecular Hbond substituents is 1. The van der Waals surface area contributed by atoms with Gasteiger partial charge in [0.25, 0.3) is 5.91 Å². The molecule has 0 aliphatic carbocycles. The van der Waals surface area contributed by atoms with Crippen molar-refractivity contribution in [2.75, 3.05) is 5.32 Å². The summed E-state index contributed by atoms with van der Waals surface area (Å²) in [5, 5.41) is 20.1. The van der Waals surface area contributed by atoms with E-state index in [1.54, 1.807) is 6.07 Å². The van der Waals surface area contributed by atoms with Crippen molar-refractivity contribution in [2.45, 2.75) is 6.18 Å². The molecule has 8 heteroatoms. The number of carbonyl (C=O) groups excluding carboxylic acids is 1. The summed E-state index contributed by atoms with van der Waals surface area (Å²) in [5.41, 5.74) is -1.60. The molecular formula is C17H11F3N2O3. The number of amides is 1. The molecule has 0 unspecified atom stereocenters. The van der Waals surface area contributed by atoms with Crippen LogP contribution in [0.2, 0.25) is 0 Å². The molecule has 1 amide bonds. The Morgan fingerprint density at radius 3 is 2.56 bits per heavy atom. The predicted octanol–water partition coefficient (Wildman–Crippen LogP) is 3.89. The third-order valence-electron chi connectivity index (χ3n) is 3.47. The van der Waals surface area contributed by atoms with Gasteiger partial charge >= 0.3 is 6.18 Å². The van der Waals surface area contributed by atoms with Crippen molar-refractivity contribution in [1.29, 1.82) is 5.41 Å². The SMILES string of the molecule is N=c1oc2c(O)cccc2cc1C(=O)Nc1cccc(C(F)(F)F)c1. The number of nitrogens with one attached hydrogen (secondary N) is 2. The lowest BCUT2D eigenvalue weighted by Gasteiger charge is -2.10. The first kappa shape index (κ1) is 16.6. The minimum Gasteiger partial charge on any atom is -0.504 e. The number of benzene rings is 2. The lowest BCUT2D eigenvalue weighted by Crippen LogP contribution is -2.21. The van der Waals surface area contributed by atoms with Crippen molar-refractivity contribution in [3.05, 3.63) is 65.2 Å². The fraction of sp³-hybridized carbons (Fsp3) is 0.0588. The molecule has 1 heterocycles. The Labute approximate surface area is 138 Å². The van der Waals surface area contributed by atoms with Crippen LogP contribution in [0, 0.1) is 5.41 Å². The second-order valence-electron chi connectivity index (χ2n) is 5.22. The zero-order valence-electron chi connectivity index (χ0n) is 12.5. The third kappa shape index (κ3) is 3.32. The Hall–Kier alpha value is -3.29. The van der Waals surface area contributed by atoms with Crippen molar-refractivity contribution in [3.8, 4) is 5.75 Å². The molecule has 3 rings (SSSR count). The zero-order chi connectivity index (χ0) is 18.2. The Morgan fingerprint density at radius 1 is 1.12 bits per heavy atom. The summed E-state index contributed by atoms with van der Waals surface area (Å²) in [6, 6.07) is 9.96. The Morgan fingerprint density at radius 2 is 1.84 bits per heavy atom. The highest BCUT2D eigenvalue weighted by molar-refractivity contribution is 6.05. The van der Waals surface area contributed by atoms with E-state index in [2.05, 4.69) is 5.32 Å². The molecule has 0 atom stereocenters. The quantitative estimate of drug-likeness (QED) is 0.657. The number of para-hydroxylation sites is 1. The maximum absolute atomic E-state index is 12.7. The van der Waals surface area contributed by atoms with Crippen molar-refractivity contribution in [2.24, 2.45) is 0 Å². The lowest BCUT2D eigenvalue weighted by atomic mass is 10.1. The van der Waals surface area contributed by atoms with Gasteiger partial charge in [-0.1, -0.05) is 18.2 Å². The zero-order valence-corrected chi connectivity index (χ0v) is 12.5. The monoisotopic (exact) mass is 348 g/mol. The summed E-state index contributed by atoms with van der Waals surface area (Å²) >= 11 is 0. The Kier molecular flexibility index (Phi) is 3.96. The maximum atomic E-state index is 12.7. The third-order valence-corrected chi connectivity index (χ3v) is 3.47. The number of hydrogen-bond donors (Lipinski definition) is 3. The van der Waals surface area contributed by atoms with Gasteiger partial charge in [-0.25, -0.2) is 0 Å². The van der Waals surface area contributed by atoms with E-state index >= 15 is 0 Å². The number of carbonyl (C=O) groups is 1. The van der Waals surface area contributed by atoms with Gasteiger partial charge in [0.2, 0.25) is 5.55 Å². The number of alkyl halides is 3. The van der Waals surface area contributed by atoms with Crippen LogP contribution in [0.15, 0.2) is 52.9 Å². The molecule has 128 valence electrons. The molecular weight excluding hydrogens is 337 g/mol. The van der Waals surface area contributed by atoms with Crippen molar-refractivity contribution >= 4 is 22.6 Å². The molecule has 0 bridgehead atoms. The first-order valence-electron chi connectivity index (χ1n) is 7.05. The van der Waals surface area contributed by atoms with Crippen molar-refractivity contribution in [3.63, 3.8) is 0 Å². The van der Waals surface area contributed by atoms with Crippen LogP contribution in [0.1, 0.15) is 15.9 Å². The molecule has 3 aromatic rings. The number of anilines is 1. The molecule has 0 aliphatic heterocycles. The van der Waals surface area contributed by atoms with Gasteiger partial charge in [0.05, 0.1) is 5.56 Å². The van der Waals surface area contributed by atoms with E-state index in [-0.39, 0.29) is 22.6 Å². The average Bonchev–Trinajstić information content (AvgIpc) is 2.54. The summed E-state index contributed by atoms with van der Waals surface area (Å²) in [4.78, 5) is 12.3. The molecule has 3 N–H and O–H groups in total. The molecule has 0 saturated carbocycles. The van der Waals surface area contributed by atoms with Crippen LogP contribution in [-0.2, 0) is 6.18 Å². The van der Waals surface area contributed by atoms with E-state index in [4.69, 9.17) is 9.83 Å². The van der Waals surface area contributed by atoms with Gasteiger partial charge in [0.15, 0.2) is 11.3 Å². The van der Waals surface area contributed by atoms with Gasteiger partial charge in [-0.2, -0.15) is 13.2 Å². The van der Waals surface area contributed by atoms with Gasteiger partial charge in [-0.3, -0.25) is 10.2 Å². The standard InChI is InChI=1S/C17H11F3N2O3/c18-17(19,20)10-4-2-5-11(8-10)22-16(24)12-7-9-3-1-6-13(23)14(9)25-15(12)21/h1-8,21,23H,(H,22,24). The first-order chi connectivity index (χ1) is 11.8. The van der Waals surface area contributed by atoms with E-state index in [1.165, 1.54) is 30.3 Å². The number of phenols is 1. The molecule has 0 spiro atoms. The van der Waals surface area contributed by atoms with Gasteiger partial charge in [0, 0.05) is 11.1 Å². The highest BCUT2D eigenvalue weighted by Gasteiger charge is 2.30. The lowest BCUT2D eigenvalue weighted by molar-refractivity contribution is -0.137. The minimum absolute atomic E-state index is 0.0446. The largest absolute Gasteiger partial charge is 0.504 e. The van der Waals surface area contributed by atoms with Gasteiger partial charge in [-0.05, 0) is 30.3 Å². The Balaban J connectivity index is 1.96. The number of hydrogen-bond acceptors (Lipinski definition) is 4. The van der Waals surface area contributed by atoms with E-state index in [0.717, 1.165) is 12.1 Å². The molecule has 0 radical (unpaired) electrons. The summed E-state index contributed by atoms with van der Waals surface area (Å²) in [7, 11) is 0. The van der Waals surface area contributed by atoms with Gasteiger partial charge in [-0.15, -0.1) is 0 Å². The normalized spacial score (nSPS) is 11.5. The number of rotatable bonds is 2. The topological polar surface area (TPSA) is 86.3 Å². The van der Waals surface area contributed by atoms with Crippen LogP contribution < -0.4 is 10.9 Å².